The number of benzene rings is 3. The minimum Gasteiger partial charge on any atom is -0.491 e. The molecule has 0 saturated carbocycles. The van der Waals surface area contributed by atoms with Gasteiger partial charge in [-0.2, -0.15) is 0 Å². The van der Waals surface area contributed by atoms with Crippen LogP contribution in [0.5, 0.6) is 5.75 Å². The van der Waals surface area contributed by atoms with Crippen molar-refractivity contribution >= 4 is 6.09 Å². The highest BCUT2D eigenvalue weighted by Crippen LogP contribution is 2.44. The fourth-order valence-corrected chi connectivity index (χ4v) is 6.96. The number of amides is 1. The molecule has 1 aliphatic carbocycles. The van der Waals surface area contributed by atoms with Crippen molar-refractivity contribution in [2.45, 2.75) is 64.2 Å². The van der Waals surface area contributed by atoms with Gasteiger partial charge in [0, 0.05) is 19.1 Å². The van der Waals surface area contributed by atoms with E-state index in [1.54, 1.807) is 0 Å². The van der Waals surface area contributed by atoms with Crippen LogP contribution in [0.25, 0.3) is 11.1 Å². The summed E-state index contributed by atoms with van der Waals surface area (Å²) in [6, 6.07) is 25.0. The largest absolute Gasteiger partial charge is 0.491 e. The Bertz CT molecular complexity index is 1510. The van der Waals surface area contributed by atoms with Crippen LogP contribution in [0.3, 0.4) is 0 Å². The Morgan fingerprint density at radius 3 is 1.35 bits per heavy atom. The van der Waals surface area contributed by atoms with Crippen LogP contribution < -0.4 is 10.1 Å². The lowest BCUT2D eigenvalue weighted by Crippen LogP contribution is -2.27. The highest BCUT2D eigenvalue weighted by Gasteiger charge is 2.29. The zero-order chi connectivity index (χ0) is 44.1. The van der Waals surface area contributed by atoms with E-state index in [1.807, 2.05) is 36.4 Å². The summed E-state index contributed by atoms with van der Waals surface area (Å²) in [5, 5.41) is 2.81. The van der Waals surface area contributed by atoms with Gasteiger partial charge in [-0.25, -0.2) is 4.79 Å². The van der Waals surface area contributed by atoms with Crippen molar-refractivity contribution in [3.63, 3.8) is 0 Å². The summed E-state index contributed by atoms with van der Waals surface area (Å²) in [5.74, 6) is 0.931. The maximum atomic E-state index is 12.3. The summed E-state index contributed by atoms with van der Waals surface area (Å²) in [5.41, 5.74) is 6.19. The first-order chi connectivity index (χ1) is 31.3. The molecule has 4 rings (SSSR count). The molecule has 1 aliphatic rings. The van der Waals surface area contributed by atoms with Crippen molar-refractivity contribution in [1.29, 1.82) is 0 Å². The second kappa shape index (κ2) is 35.7. The minimum atomic E-state index is -0.414. The number of hydrogen-bond donors (Lipinski definition) is 1. The van der Waals surface area contributed by atoms with Gasteiger partial charge in [0.1, 0.15) is 19.0 Å². The molecule has 0 spiro atoms. The predicted octanol–water partition coefficient (Wildman–Crippen LogP) is 8.05. The van der Waals surface area contributed by atoms with Gasteiger partial charge in [0.25, 0.3) is 0 Å². The molecule has 352 valence electrons. The maximum absolute atomic E-state index is 12.3. The van der Waals surface area contributed by atoms with Gasteiger partial charge < -0.3 is 57.4 Å². The third-order valence-corrected chi connectivity index (χ3v) is 10.3. The van der Waals surface area contributed by atoms with Crippen LogP contribution in [0.15, 0.2) is 72.8 Å². The second-order valence-corrected chi connectivity index (χ2v) is 15.1. The number of nitrogens with one attached hydrogen (secondary N) is 1. The first kappa shape index (κ1) is 52.0. The number of carbonyl (C=O) groups excluding carboxylic acids is 1. The van der Waals surface area contributed by atoms with Gasteiger partial charge in [0.2, 0.25) is 0 Å². The zero-order valence-electron chi connectivity index (χ0n) is 37.9. The van der Waals surface area contributed by atoms with E-state index in [0.29, 0.717) is 145 Å². The number of ether oxygens (including phenoxy) is 11. The van der Waals surface area contributed by atoms with E-state index in [0.717, 1.165) is 12.2 Å². The van der Waals surface area contributed by atoms with E-state index in [2.05, 4.69) is 48.6 Å². The van der Waals surface area contributed by atoms with E-state index in [4.69, 9.17) is 52.1 Å². The van der Waals surface area contributed by atoms with E-state index < -0.39 is 6.09 Å². The van der Waals surface area contributed by atoms with Crippen molar-refractivity contribution in [1.82, 2.24) is 5.32 Å². The number of carbonyl (C=O) groups is 1. The summed E-state index contributed by atoms with van der Waals surface area (Å²) < 4.78 is 61.3. The second-order valence-electron chi connectivity index (χ2n) is 15.1. The van der Waals surface area contributed by atoms with Gasteiger partial charge in [-0.05, 0) is 59.2 Å². The molecule has 0 saturated heterocycles. The number of rotatable bonds is 41. The lowest BCUT2D eigenvalue weighted by molar-refractivity contribution is -0.0254. The summed E-state index contributed by atoms with van der Waals surface area (Å²) in [6.45, 7) is 12.6. The molecule has 0 bridgehead atoms. The SMILES string of the molecule is CCCCCCCCc1ccc(OCCOCCOCCOCCOCCOCCOCCOCCOCCOCCCNC(=O)OCC2c3ccccc3-c3ccccc32)cc1. The number of unbranched alkanes of at least 4 members (excludes halogenated alkanes) is 5. The monoisotopic (exact) mass is 882 g/mol. The quantitative estimate of drug-likeness (QED) is 0.0554. The fourth-order valence-electron chi connectivity index (χ4n) is 6.96. The van der Waals surface area contributed by atoms with Crippen molar-refractivity contribution in [3.05, 3.63) is 89.5 Å². The van der Waals surface area contributed by atoms with Crippen LogP contribution in [0, 0.1) is 0 Å². The van der Waals surface area contributed by atoms with Gasteiger partial charge in [-0.15, -0.1) is 0 Å². The Kier molecular flexibility index (Phi) is 29.5. The van der Waals surface area contributed by atoms with Gasteiger partial charge in [0.15, 0.2) is 0 Å². The zero-order valence-corrected chi connectivity index (χ0v) is 37.9. The number of alkyl carbamates (subject to hydrolysis) is 1. The summed E-state index contributed by atoms with van der Waals surface area (Å²) in [7, 11) is 0. The Morgan fingerprint density at radius 2 is 0.873 bits per heavy atom. The molecule has 3 aromatic rings. The third-order valence-electron chi connectivity index (χ3n) is 10.3. The standard InChI is InChI=1S/C50H75NO12/c1-2-3-4-5-6-7-13-43-18-20-44(21-19-43)62-41-40-61-39-38-60-37-36-59-35-34-58-33-32-57-31-30-56-29-28-55-27-26-54-25-24-53-23-12-22-51-50(52)63-42-49-47-16-10-8-14-45(47)46-15-9-11-17-48(46)49/h8-11,14-21,49H,2-7,12-13,22-42H2,1H3,(H,51,52). The molecule has 0 atom stereocenters. The van der Waals surface area contributed by atoms with Gasteiger partial charge in [-0.3, -0.25) is 0 Å². The van der Waals surface area contributed by atoms with Crippen LogP contribution in [0.4, 0.5) is 4.79 Å². The Labute approximate surface area is 376 Å². The smallest absolute Gasteiger partial charge is 0.407 e. The van der Waals surface area contributed by atoms with Crippen molar-refractivity contribution < 1.29 is 56.9 Å². The highest BCUT2D eigenvalue weighted by molar-refractivity contribution is 5.79. The predicted molar refractivity (Wildman–Crippen MR) is 244 cm³/mol. The first-order valence-corrected chi connectivity index (χ1v) is 23.3. The van der Waals surface area contributed by atoms with Gasteiger partial charge in [0.05, 0.1) is 112 Å². The summed E-state index contributed by atoms with van der Waals surface area (Å²) in [6.07, 6.45) is 9.33. The van der Waals surface area contributed by atoms with Crippen molar-refractivity contribution in [2.75, 3.05) is 139 Å². The molecule has 1 N–H and O–H groups in total. The molecule has 0 aromatic heterocycles. The van der Waals surface area contributed by atoms with E-state index in [9.17, 15) is 4.79 Å². The average Bonchev–Trinajstić information content (AvgIpc) is 3.63. The van der Waals surface area contributed by atoms with E-state index in [1.165, 1.54) is 66.3 Å². The number of aryl methyl sites for hydroxylation is 1. The summed E-state index contributed by atoms with van der Waals surface area (Å²) >= 11 is 0. The molecule has 63 heavy (non-hydrogen) atoms. The molecule has 0 unspecified atom stereocenters. The fraction of sp³-hybridized carbons (Fsp3) is 0.620. The van der Waals surface area contributed by atoms with Gasteiger partial charge in [-0.1, -0.05) is 99.7 Å². The van der Waals surface area contributed by atoms with Crippen LogP contribution in [-0.2, 0) is 53.8 Å². The Balaban J connectivity index is 0.778. The maximum Gasteiger partial charge on any atom is 0.407 e. The molecule has 0 aliphatic heterocycles. The van der Waals surface area contributed by atoms with Gasteiger partial charge >= 0.3 is 6.09 Å². The van der Waals surface area contributed by atoms with Crippen LogP contribution >= 0.6 is 0 Å². The Hall–Kier alpha value is -3.63. The lowest BCUT2D eigenvalue weighted by Gasteiger charge is -2.14. The third kappa shape index (κ3) is 23.8. The van der Waals surface area contributed by atoms with Crippen molar-refractivity contribution in [2.24, 2.45) is 0 Å². The molecule has 13 heteroatoms. The van der Waals surface area contributed by atoms with Crippen LogP contribution in [0.2, 0.25) is 0 Å². The van der Waals surface area contributed by atoms with Crippen LogP contribution in [0.1, 0.15) is 74.5 Å². The minimum absolute atomic E-state index is 0.0491. The molecule has 0 fully saturated rings. The molecule has 0 radical (unpaired) electrons. The van der Waals surface area contributed by atoms with E-state index in [-0.39, 0.29) is 5.92 Å². The molecule has 1 amide bonds. The topological polar surface area (TPSA) is 131 Å². The number of fused-ring (bicyclic) bond motifs is 3. The highest BCUT2D eigenvalue weighted by atomic mass is 16.6. The first-order valence-electron chi connectivity index (χ1n) is 23.3. The number of hydrogen-bond acceptors (Lipinski definition) is 12. The lowest BCUT2D eigenvalue weighted by atomic mass is 9.98. The molecular weight excluding hydrogens is 807 g/mol. The van der Waals surface area contributed by atoms with Crippen molar-refractivity contribution in [3.8, 4) is 16.9 Å². The molecular formula is C50H75NO12. The van der Waals surface area contributed by atoms with E-state index >= 15 is 0 Å². The average molecular weight is 882 g/mol. The molecule has 13 nitrogen and oxygen atoms in total. The molecule has 0 heterocycles. The Morgan fingerprint density at radius 1 is 0.460 bits per heavy atom. The van der Waals surface area contributed by atoms with Crippen LogP contribution in [-0.4, -0.2) is 145 Å². The normalized spacial score (nSPS) is 12.1. The summed E-state index contributed by atoms with van der Waals surface area (Å²) in [4.78, 5) is 12.3. The molecule has 3 aromatic carbocycles.